The van der Waals surface area contributed by atoms with Gasteiger partial charge in [-0.2, -0.15) is 5.10 Å². The van der Waals surface area contributed by atoms with Crippen LogP contribution in [-0.2, 0) is 7.05 Å². The Labute approximate surface area is 135 Å². The molecule has 23 heavy (non-hydrogen) atoms. The largest absolute Gasteiger partial charge is 0.385 e. The number of nitrogens with one attached hydrogen (secondary N) is 1. The van der Waals surface area contributed by atoms with E-state index >= 15 is 0 Å². The van der Waals surface area contributed by atoms with Gasteiger partial charge in [0.2, 0.25) is 0 Å². The molecule has 0 bridgehead atoms. The molecule has 1 aromatic heterocycles. The summed E-state index contributed by atoms with van der Waals surface area (Å²) in [5.41, 5.74) is 3.83. The van der Waals surface area contributed by atoms with Gasteiger partial charge in [-0.15, -0.1) is 0 Å². The number of nitrogens with zero attached hydrogens (tertiary/aromatic N) is 2. The van der Waals surface area contributed by atoms with Gasteiger partial charge in [-0.25, -0.2) is 0 Å². The molecule has 2 aromatic rings. The van der Waals surface area contributed by atoms with Crippen molar-refractivity contribution in [3.63, 3.8) is 0 Å². The molecule has 1 heterocycles. The normalized spacial score (nSPS) is 15.3. The topological polar surface area (TPSA) is 67.2 Å². The molecule has 1 unspecified atom stereocenters. The standard InChI is InChI=1S/C18H21N3O2/c1-21-16(10-11-20-21)17(22)12-19-18(23)15-8-6-14(7-9-15)13-4-2-3-5-13/h4,6-11,17,22H,2-3,5,12H2,1H3,(H,19,23). The van der Waals surface area contributed by atoms with Gasteiger partial charge in [-0.3, -0.25) is 9.48 Å². The number of hydrogen-bond acceptors (Lipinski definition) is 3. The van der Waals surface area contributed by atoms with Gasteiger partial charge < -0.3 is 10.4 Å². The summed E-state index contributed by atoms with van der Waals surface area (Å²) in [5, 5.41) is 16.9. The zero-order valence-corrected chi connectivity index (χ0v) is 13.2. The maximum Gasteiger partial charge on any atom is 0.251 e. The van der Waals surface area contributed by atoms with Crippen molar-refractivity contribution in [1.82, 2.24) is 15.1 Å². The highest BCUT2D eigenvalue weighted by molar-refractivity contribution is 5.94. The van der Waals surface area contributed by atoms with Crippen molar-refractivity contribution >= 4 is 11.5 Å². The third kappa shape index (κ3) is 3.51. The Bertz CT molecular complexity index is 716. The third-order valence-corrected chi connectivity index (χ3v) is 4.22. The summed E-state index contributed by atoms with van der Waals surface area (Å²) in [6.45, 7) is 0.158. The molecule has 1 aliphatic rings. The number of carbonyl (C=O) groups excluding carboxylic acids is 1. The van der Waals surface area contributed by atoms with Crippen LogP contribution in [-0.4, -0.2) is 27.3 Å². The monoisotopic (exact) mass is 311 g/mol. The summed E-state index contributed by atoms with van der Waals surface area (Å²) in [6, 6.07) is 9.38. The molecule has 3 rings (SSSR count). The Morgan fingerprint density at radius 2 is 2.13 bits per heavy atom. The first-order valence-electron chi connectivity index (χ1n) is 7.89. The highest BCUT2D eigenvalue weighted by atomic mass is 16.3. The first-order valence-corrected chi connectivity index (χ1v) is 7.89. The van der Waals surface area contributed by atoms with Crippen LogP contribution in [0.3, 0.4) is 0 Å². The average molecular weight is 311 g/mol. The Kier molecular flexibility index (Phi) is 4.57. The lowest BCUT2D eigenvalue weighted by Gasteiger charge is -2.12. The molecule has 1 aromatic carbocycles. The van der Waals surface area contributed by atoms with Crippen LogP contribution in [0, 0.1) is 0 Å². The molecule has 5 nitrogen and oxygen atoms in total. The van der Waals surface area contributed by atoms with Gasteiger partial charge in [0.25, 0.3) is 5.91 Å². The van der Waals surface area contributed by atoms with Crippen molar-refractivity contribution in [3.05, 3.63) is 59.4 Å². The summed E-state index contributed by atoms with van der Waals surface area (Å²) in [7, 11) is 1.76. The zero-order valence-electron chi connectivity index (χ0n) is 13.2. The van der Waals surface area contributed by atoms with E-state index in [1.807, 2.05) is 24.3 Å². The molecule has 120 valence electrons. The lowest BCUT2D eigenvalue weighted by atomic mass is 10.0. The first kappa shape index (κ1) is 15.5. The van der Waals surface area contributed by atoms with Gasteiger partial charge in [0.05, 0.1) is 5.69 Å². The Morgan fingerprint density at radius 3 is 2.74 bits per heavy atom. The molecule has 0 saturated heterocycles. The number of carbonyl (C=O) groups is 1. The third-order valence-electron chi connectivity index (χ3n) is 4.22. The van der Waals surface area contributed by atoms with E-state index in [1.165, 1.54) is 17.6 Å². The summed E-state index contributed by atoms with van der Waals surface area (Å²) in [5.74, 6) is -0.182. The number of amides is 1. The van der Waals surface area contributed by atoms with Gasteiger partial charge >= 0.3 is 0 Å². The molecule has 0 saturated carbocycles. The van der Waals surface area contributed by atoms with Gasteiger partial charge in [0, 0.05) is 25.4 Å². The van der Waals surface area contributed by atoms with E-state index < -0.39 is 6.10 Å². The van der Waals surface area contributed by atoms with Crippen LogP contribution >= 0.6 is 0 Å². The highest BCUT2D eigenvalue weighted by Crippen LogP contribution is 2.27. The Balaban J connectivity index is 1.59. The molecule has 1 atom stereocenters. The number of benzene rings is 1. The van der Waals surface area contributed by atoms with E-state index in [1.54, 1.807) is 24.0 Å². The quantitative estimate of drug-likeness (QED) is 0.891. The SMILES string of the molecule is Cn1nccc1C(O)CNC(=O)c1ccc(C2=CCCC2)cc1. The summed E-state index contributed by atoms with van der Waals surface area (Å²) in [4.78, 5) is 12.2. The van der Waals surface area contributed by atoms with Crippen molar-refractivity contribution in [2.75, 3.05) is 6.54 Å². The van der Waals surface area contributed by atoms with E-state index in [-0.39, 0.29) is 12.5 Å². The minimum absolute atomic E-state index is 0.158. The van der Waals surface area contributed by atoms with E-state index in [2.05, 4.69) is 16.5 Å². The second-order valence-electron chi connectivity index (χ2n) is 5.80. The van der Waals surface area contributed by atoms with Crippen molar-refractivity contribution in [2.45, 2.75) is 25.4 Å². The number of aliphatic hydroxyl groups is 1. The fourth-order valence-electron chi connectivity index (χ4n) is 2.88. The second kappa shape index (κ2) is 6.79. The Hall–Kier alpha value is -2.40. The summed E-state index contributed by atoms with van der Waals surface area (Å²) < 4.78 is 1.60. The van der Waals surface area contributed by atoms with Crippen LogP contribution in [0.2, 0.25) is 0 Å². The molecule has 5 heteroatoms. The number of aliphatic hydroxyl groups excluding tert-OH is 1. The number of aromatic nitrogens is 2. The van der Waals surface area contributed by atoms with E-state index in [4.69, 9.17) is 0 Å². The predicted octanol–water partition coefficient (Wildman–Crippen LogP) is 2.45. The average Bonchev–Trinajstić information content (AvgIpc) is 3.24. The van der Waals surface area contributed by atoms with Crippen LogP contribution in [0.15, 0.2) is 42.6 Å². The van der Waals surface area contributed by atoms with Gasteiger partial charge in [0.15, 0.2) is 0 Å². The fraction of sp³-hybridized carbons (Fsp3) is 0.333. The minimum atomic E-state index is -0.769. The number of aryl methyl sites for hydroxylation is 1. The maximum atomic E-state index is 12.2. The van der Waals surface area contributed by atoms with Crippen LogP contribution in [0.4, 0.5) is 0 Å². The van der Waals surface area contributed by atoms with E-state index in [0.717, 1.165) is 12.8 Å². The molecule has 0 spiro atoms. The highest BCUT2D eigenvalue weighted by Gasteiger charge is 2.14. The summed E-state index contributed by atoms with van der Waals surface area (Å²) in [6.07, 6.45) is 6.58. The molecule has 0 aliphatic heterocycles. The molecular weight excluding hydrogens is 290 g/mol. The predicted molar refractivity (Wildman–Crippen MR) is 88.8 cm³/mol. The minimum Gasteiger partial charge on any atom is -0.385 e. The van der Waals surface area contributed by atoms with Crippen LogP contribution < -0.4 is 5.32 Å². The number of allylic oxidation sites excluding steroid dienone is 2. The smallest absolute Gasteiger partial charge is 0.251 e. The molecular formula is C18H21N3O2. The van der Waals surface area contributed by atoms with Gasteiger partial charge in [-0.05, 0) is 48.6 Å². The van der Waals surface area contributed by atoms with Gasteiger partial charge in [0.1, 0.15) is 6.10 Å². The zero-order chi connectivity index (χ0) is 16.2. The first-order chi connectivity index (χ1) is 11.1. The second-order valence-corrected chi connectivity index (χ2v) is 5.80. The van der Waals surface area contributed by atoms with Crippen LogP contribution in [0.25, 0.3) is 5.57 Å². The molecule has 0 fully saturated rings. The van der Waals surface area contributed by atoms with Gasteiger partial charge in [-0.1, -0.05) is 18.2 Å². The van der Waals surface area contributed by atoms with E-state index in [0.29, 0.717) is 11.3 Å². The lowest BCUT2D eigenvalue weighted by Crippen LogP contribution is -2.29. The van der Waals surface area contributed by atoms with Crippen LogP contribution in [0.1, 0.15) is 47.0 Å². The molecule has 0 radical (unpaired) electrons. The van der Waals surface area contributed by atoms with Crippen LogP contribution in [0.5, 0.6) is 0 Å². The van der Waals surface area contributed by atoms with E-state index in [9.17, 15) is 9.90 Å². The maximum absolute atomic E-state index is 12.2. The fourth-order valence-corrected chi connectivity index (χ4v) is 2.88. The van der Waals surface area contributed by atoms with Crippen molar-refractivity contribution in [2.24, 2.45) is 7.05 Å². The molecule has 1 aliphatic carbocycles. The van der Waals surface area contributed by atoms with Crippen molar-refractivity contribution in [1.29, 1.82) is 0 Å². The Morgan fingerprint density at radius 1 is 1.35 bits per heavy atom. The number of rotatable bonds is 5. The number of hydrogen-bond donors (Lipinski definition) is 2. The van der Waals surface area contributed by atoms with Crippen molar-refractivity contribution in [3.8, 4) is 0 Å². The lowest BCUT2D eigenvalue weighted by molar-refractivity contribution is 0.0911. The molecule has 1 amide bonds. The summed E-state index contributed by atoms with van der Waals surface area (Å²) >= 11 is 0. The molecule has 2 N–H and O–H groups in total. The van der Waals surface area contributed by atoms with Crippen molar-refractivity contribution < 1.29 is 9.90 Å².